The Bertz CT molecular complexity index is 524. The van der Waals surface area contributed by atoms with Crippen LogP contribution < -0.4 is 10.6 Å². The maximum absolute atomic E-state index is 11.9. The summed E-state index contributed by atoms with van der Waals surface area (Å²) in [5.74, 6) is 0.681. The molecule has 0 aliphatic heterocycles. The largest absolute Gasteiger partial charge is 0.385 e. The quantitative estimate of drug-likeness (QED) is 0.728. The molecule has 0 saturated carbocycles. The zero-order valence-electron chi connectivity index (χ0n) is 10.8. The predicted molar refractivity (Wildman–Crippen MR) is 73.0 cm³/mol. The Hall–Kier alpha value is -2.37. The van der Waals surface area contributed by atoms with Crippen LogP contribution in [0.15, 0.2) is 30.7 Å². The maximum Gasteiger partial charge on any atom is 0.269 e. The molecule has 100 valence electrons. The van der Waals surface area contributed by atoms with E-state index in [0.717, 1.165) is 18.1 Å². The van der Waals surface area contributed by atoms with Gasteiger partial charge in [0.2, 0.25) is 0 Å². The molecule has 19 heavy (non-hydrogen) atoms. The highest BCUT2D eigenvalue weighted by atomic mass is 16.1. The normalized spacial score (nSPS) is 10.2. The summed E-state index contributed by atoms with van der Waals surface area (Å²) in [7, 11) is 0. The summed E-state index contributed by atoms with van der Waals surface area (Å²) in [5, 5.41) is 5.96. The number of nitrogens with one attached hydrogen (secondary N) is 3. The van der Waals surface area contributed by atoms with Gasteiger partial charge in [0, 0.05) is 43.8 Å². The minimum atomic E-state index is -0.175. The van der Waals surface area contributed by atoms with Crippen LogP contribution in [-0.2, 0) is 6.42 Å². The van der Waals surface area contributed by atoms with E-state index >= 15 is 0 Å². The van der Waals surface area contributed by atoms with Crippen LogP contribution in [0.3, 0.4) is 0 Å². The maximum atomic E-state index is 11.9. The number of imidazole rings is 1. The minimum Gasteiger partial charge on any atom is -0.385 e. The molecule has 0 aliphatic rings. The number of hydrogen-bond acceptors (Lipinski definition) is 4. The molecule has 1 amide bonds. The van der Waals surface area contributed by atoms with Gasteiger partial charge in [0.1, 0.15) is 11.5 Å². The van der Waals surface area contributed by atoms with Crippen molar-refractivity contribution >= 4 is 11.6 Å². The first-order valence-corrected chi connectivity index (χ1v) is 6.26. The minimum absolute atomic E-state index is 0.175. The number of pyridine rings is 1. The molecule has 0 unspecified atom stereocenters. The van der Waals surface area contributed by atoms with E-state index in [1.54, 1.807) is 24.7 Å². The third-order valence-corrected chi connectivity index (χ3v) is 2.58. The second-order valence-corrected chi connectivity index (χ2v) is 4.00. The van der Waals surface area contributed by atoms with Gasteiger partial charge in [-0.2, -0.15) is 0 Å². The van der Waals surface area contributed by atoms with Crippen LogP contribution in [-0.4, -0.2) is 33.9 Å². The number of hydrogen-bond donors (Lipinski definition) is 3. The predicted octanol–water partition coefficient (Wildman–Crippen LogP) is 1.21. The molecule has 3 N–H and O–H groups in total. The van der Waals surface area contributed by atoms with Gasteiger partial charge in [0.25, 0.3) is 5.91 Å². The Morgan fingerprint density at radius 3 is 3.00 bits per heavy atom. The Labute approximate surface area is 111 Å². The lowest BCUT2D eigenvalue weighted by Crippen LogP contribution is -2.26. The third-order valence-electron chi connectivity index (χ3n) is 2.58. The molecule has 2 aromatic heterocycles. The van der Waals surface area contributed by atoms with Crippen molar-refractivity contribution in [1.29, 1.82) is 0 Å². The van der Waals surface area contributed by atoms with Crippen molar-refractivity contribution in [2.45, 2.75) is 13.3 Å². The summed E-state index contributed by atoms with van der Waals surface area (Å²) >= 11 is 0. The molecule has 0 spiro atoms. The van der Waals surface area contributed by atoms with Crippen LogP contribution in [0.25, 0.3) is 0 Å². The van der Waals surface area contributed by atoms with Gasteiger partial charge in [0.05, 0.1) is 0 Å². The molecule has 0 saturated heterocycles. The van der Waals surface area contributed by atoms with Gasteiger partial charge < -0.3 is 15.6 Å². The summed E-state index contributed by atoms with van der Waals surface area (Å²) in [6.07, 6.45) is 5.75. The first kappa shape index (κ1) is 13.1. The van der Waals surface area contributed by atoms with E-state index < -0.39 is 0 Å². The number of H-pyrrole nitrogens is 1. The SMILES string of the molecule is CCNc1ccnc(C(=O)NCCc2ncc[nH]2)c1. The van der Waals surface area contributed by atoms with E-state index in [4.69, 9.17) is 0 Å². The summed E-state index contributed by atoms with van der Waals surface area (Å²) in [5.41, 5.74) is 1.31. The summed E-state index contributed by atoms with van der Waals surface area (Å²) < 4.78 is 0. The standard InChI is InChI=1S/C13H17N5O/c1-2-14-10-3-5-15-11(9-10)13(19)18-6-4-12-16-7-8-17-12/h3,5,7-9H,2,4,6H2,1H3,(H,14,15)(H,16,17)(H,18,19). The van der Waals surface area contributed by atoms with Crippen LogP contribution in [0.2, 0.25) is 0 Å². The van der Waals surface area contributed by atoms with E-state index in [0.29, 0.717) is 18.7 Å². The Morgan fingerprint density at radius 2 is 2.26 bits per heavy atom. The van der Waals surface area contributed by atoms with Crippen LogP contribution >= 0.6 is 0 Å². The van der Waals surface area contributed by atoms with Gasteiger partial charge in [-0.05, 0) is 19.1 Å². The number of carbonyl (C=O) groups excluding carboxylic acids is 1. The molecule has 6 nitrogen and oxygen atoms in total. The number of anilines is 1. The topological polar surface area (TPSA) is 82.7 Å². The second kappa shape index (κ2) is 6.53. The van der Waals surface area contributed by atoms with Crippen molar-refractivity contribution in [3.05, 3.63) is 42.2 Å². The average molecular weight is 259 g/mol. The molecular weight excluding hydrogens is 242 g/mol. The number of nitrogens with zero attached hydrogens (tertiary/aromatic N) is 2. The fourth-order valence-corrected chi connectivity index (χ4v) is 1.69. The molecule has 2 heterocycles. The second-order valence-electron chi connectivity index (χ2n) is 4.00. The van der Waals surface area contributed by atoms with E-state index in [1.807, 2.05) is 13.0 Å². The molecule has 0 aromatic carbocycles. The van der Waals surface area contributed by atoms with Gasteiger partial charge in [-0.25, -0.2) is 4.98 Å². The highest BCUT2D eigenvalue weighted by Crippen LogP contribution is 2.07. The first-order chi connectivity index (χ1) is 9.29. The zero-order chi connectivity index (χ0) is 13.5. The monoisotopic (exact) mass is 259 g/mol. The zero-order valence-corrected chi connectivity index (χ0v) is 10.8. The lowest BCUT2D eigenvalue weighted by molar-refractivity contribution is 0.0949. The third kappa shape index (κ3) is 3.80. The fourth-order valence-electron chi connectivity index (χ4n) is 1.69. The molecule has 2 rings (SSSR count). The number of rotatable bonds is 6. The number of amides is 1. The van der Waals surface area contributed by atoms with Gasteiger partial charge in [-0.3, -0.25) is 9.78 Å². The van der Waals surface area contributed by atoms with Crippen LogP contribution in [0.5, 0.6) is 0 Å². The van der Waals surface area contributed by atoms with Crippen LogP contribution in [0, 0.1) is 0 Å². The Balaban J connectivity index is 1.87. The average Bonchev–Trinajstić information content (AvgIpc) is 2.92. The van der Waals surface area contributed by atoms with E-state index in [2.05, 4.69) is 25.6 Å². The molecule has 6 heteroatoms. The van der Waals surface area contributed by atoms with Crippen molar-refractivity contribution in [2.75, 3.05) is 18.4 Å². The van der Waals surface area contributed by atoms with Gasteiger partial charge >= 0.3 is 0 Å². The molecule has 0 fully saturated rings. The highest BCUT2D eigenvalue weighted by Gasteiger charge is 2.07. The van der Waals surface area contributed by atoms with Crippen molar-refractivity contribution in [3.8, 4) is 0 Å². The fraction of sp³-hybridized carbons (Fsp3) is 0.308. The van der Waals surface area contributed by atoms with Gasteiger partial charge in [0.15, 0.2) is 0 Å². The van der Waals surface area contributed by atoms with E-state index in [9.17, 15) is 4.79 Å². The summed E-state index contributed by atoms with van der Waals surface area (Å²) in [6, 6.07) is 3.58. The lowest BCUT2D eigenvalue weighted by Gasteiger charge is -2.06. The summed E-state index contributed by atoms with van der Waals surface area (Å²) in [6.45, 7) is 3.34. The van der Waals surface area contributed by atoms with Gasteiger partial charge in [-0.15, -0.1) is 0 Å². The van der Waals surface area contributed by atoms with Crippen molar-refractivity contribution < 1.29 is 4.79 Å². The molecule has 0 radical (unpaired) electrons. The van der Waals surface area contributed by atoms with E-state index in [-0.39, 0.29) is 5.91 Å². The smallest absolute Gasteiger partial charge is 0.269 e. The highest BCUT2D eigenvalue weighted by molar-refractivity contribution is 5.93. The molecule has 0 aliphatic carbocycles. The molecule has 2 aromatic rings. The van der Waals surface area contributed by atoms with Crippen LogP contribution in [0.4, 0.5) is 5.69 Å². The Kier molecular flexibility index (Phi) is 4.49. The number of aromatic amines is 1. The Morgan fingerprint density at radius 1 is 1.37 bits per heavy atom. The van der Waals surface area contributed by atoms with Crippen molar-refractivity contribution in [2.24, 2.45) is 0 Å². The summed E-state index contributed by atoms with van der Waals surface area (Å²) in [4.78, 5) is 23.0. The number of aromatic nitrogens is 3. The van der Waals surface area contributed by atoms with E-state index in [1.165, 1.54) is 0 Å². The molecule has 0 atom stereocenters. The first-order valence-electron chi connectivity index (χ1n) is 6.26. The van der Waals surface area contributed by atoms with Crippen molar-refractivity contribution in [1.82, 2.24) is 20.3 Å². The lowest BCUT2D eigenvalue weighted by atomic mass is 10.3. The molecule has 0 bridgehead atoms. The van der Waals surface area contributed by atoms with Crippen LogP contribution in [0.1, 0.15) is 23.2 Å². The van der Waals surface area contributed by atoms with Crippen molar-refractivity contribution in [3.63, 3.8) is 0 Å². The van der Waals surface area contributed by atoms with Gasteiger partial charge in [-0.1, -0.05) is 0 Å². The molecular formula is C13H17N5O. The number of carbonyl (C=O) groups is 1.